The predicted octanol–water partition coefficient (Wildman–Crippen LogP) is 6.30. The largest absolute Gasteiger partial charge is 0.416 e. The second-order valence-electron chi connectivity index (χ2n) is 10.8. The Morgan fingerprint density at radius 2 is 1.54 bits per heavy atom. The quantitative estimate of drug-likeness (QED) is 0.328. The second kappa shape index (κ2) is 12.2. The first-order valence-electron chi connectivity index (χ1n) is 14.0. The highest BCUT2D eigenvalue weighted by atomic mass is 32.1. The lowest BCUT2D eigenvalue weighted by Crippen LogP contribution is -2.45. The maximum absolute atomic E-state index is 13.4. The number of amides is 3. The van der Waals surface area contributed by atoms with Crippen molar-refractivity contribution in [2.24, 2.45) is 0 Å². The third kappa shape index (κ3) is 6.59. The van der Waals surface area contributed by atoms with E-state index in [2.05, 4.69) is 36.1 Å². The van der Waals surface area contributed by atoms with E-state index in [4.69, 9.17) is 0 Å². The van der Waals surface area contributed by atoms with Crippen molar-refractivity contribution in [2.45, 2.75) is 44.6 Å². The molecule has 2 fully saturated rings. The van der Waals surface area contributed by atoms with E-state index >= 15 is 0 Å². The first kappa shape index (κ1) is 29.1. The monoisotopic (exact) mass is 584 g/mol. The van der Waals surface area contributed by atoms with E-state index in [0.717, 1.165) is 43.1 Å². The summed E-state index contributed by atoms with van der Waals surface area (Å²) in [4.78, 5) is 35.8. The van der Waals surface area contributed by atoms with E-state index in [-0.39, 0.29) is 18.0 Å². The molecule has 2 aliphatic heterocycles. The van der Waals surface area contributed by atoms with Crippen molar-refractivity contribution in [3.8, 4) is 10.4 Å². The summed E-state index contributed by atoms with van der Waals surface area (Å²) in [7, 11) is 1.76. The molecule has 0 bridgehead atoms. The zero-order chi connectivity index (χ0) is 29.1. The van der Waals surface area contributed by atoms with E-state index < -0.39 is 11.7 Å². The molecule has 1 aromatic heterocycles. The van der Waals surface area contributed by atoms with Gasteiger partial charge in [-0.1, -0.05) is 49.4 Å². The molecule has 41 heavy (non-hydrogen) atoms. The zero-order valence-electron chi connectivity index (χ0n) is 23.3. The van der Waals surface area contributed by atoms with Crippen molar-refractivity contribution in [2.75, 3.05) is 39.8 Å². The van der Waals surface area contributed by atoms with Gasteiger partial charge >= 0.3 is 12.2 Å². The normalized spacial score (nSPS) is 19.3. The zero-order valence-corrected chi connectivity index (χ0v) is 24.1. The van der Waals surface area contributed by atoms with Crippen LogP contribution in [0.2, 0.25) is 0 Å². The molecule has 0 N–H and O–H groups in total. The molecule has 0 radical (unpaired) electrons. The van der Waals surface area contributed by atoms with E-state index in [0.29, 0.717) is 42.5 Å². The number of carbonyl (C=O) groups excluding carboxylic acids is 2. The molecule has 10 heteroatoms. The van der Waals surface area contributed by atoms with Crippen LogP contribution in [-0.4, -0.2) is 83.4 Å². The Bertz CT molecular complexity index is 1350. The Hall–Kier alpha value is -3.37. The fraction of sp³-hybridized carbons (Fsp3) is 0.419. The molecule has 3 amide bonds. The molecule has 6 nitrogen and oxygen atoms in total. The summed E-state index contributed by atoms with van der Waals surface area (Å²) in [5, 5.41) is 0. The number of hydrogen-bond donors (Lipinski definition) is 0. The third-order valence-electron chi connectivity index (χ3n) is 8.20. The molecule has 2 atom stereocenters. The van der Waals surface area contributed by atoms with E-state index in [1.807, 2.05) is 15.9 Å². The van der Waals surface area contributed by atoms with Gasteiger partial charge < -0.3 is 14.7 Å². The van der Waals surface area contributed by atoms with Gasteiger partial charge in [-0.05, 0) is 54.8 Å². The molecular weight excluding hydrogens is 549 g/mol. The summed E-state index contributed by atoms with van der Waals surface area (Å²) in [5.74, 6) is -0.145. The van der Waals surface area contributed by atoms with Crippen LogP contribution in [-0.2, 0) is 12.7 Å². The molecule has 0 aliphatic carbocycles. The summed E-state index contributed by atoms with van der Waals surface area (Å²) < 4.78 is 38.7. The van der Waals surface area contributed by atoms with Crippen molar-refractivity contribution >= 4 is 23.3 Å². The average Bonchev–Trinajstić information content (AvgIpc) is 3.76. The number of thiophene rings is 1. The number of halogens is 3. The van der Waals surface area contributed by atoms with Gasteiger partial charge in [-0.3, -0.25) is 9.69 Å². The first-order chi connectivity index (χ1) is 19.6. The summed E-state index contributed by atoms with van der Waals surface area (Å²) in [6, 6.07) is 19.1. The Labute approximate surface area is 243 Å². The van der Waals surface area contributed by atoms with Crippen LogP contribution in [0.15, 0.2) is 66.7 Å². The van der Waals surface area contributed by atoms with Gasteiger partial charge in [0.25, 0.3) is 5.91 Å². The van der Waals surface area contributed by atoms with Crippen LogP contribution in [0.1, 0.15) is 40.6 Å². The summed E-state index contributed by atoms with van der Waals surface area (Å²) in [5.41, 5.74) is 1.21. The van der Waals surface area contributed by atoms with Gasteiger partial charge in [0.1, 0.15) is 0 Å². The second-order valence-corrected chi connectivity index (χ2v) is 11.8. The minimum Gasteiger partial charge on any atom is -0.336 e. The molecule has 5 rings (SSSR count). The highest BCUT2D eigenvalue weighted by Crippen LogP contribution is 2.34. The number of carbonyl (C=O) groups is 2. The molecule has 3 heterocycles. The highest BCUT2D eigenvalue weighted by Gasteiger charge is 2.37. The number of hydrogen-bond acceptors (Lipinski definition) is 4. The van der Waals surface area contributed by atoms with Crippen LogP contribution >= 0.6 is 11.3 Å². The maximum Gasteiger partial charge on any atom is 0.416 e. The molecule has 0 unspecified atom stereocenters. The maximum atomic E-state index is 13.4. The van der Waals surface area contributed by atoms with Crippen LogP contribution in [0.4, 0.5) is 18.0 Å². The van der Waals surface area contributed by atoms with Crippen LogP contribution in [0.5, 0.6) is 0 Å². The van der Waals surface area contributed by atoms with Gasteiger partial charge in [0.15, 0.2) is 0 Å². The fourth-order valence-corrected chi connectivity index (χ4v) is 6.73. The Morgan fingerprint density at radius 3 is 2.17 bits per heavy atom. The molecular formula is C31H35F3N4O2S. The lowest BCUT2D eigenvalue weighted by molar-refractivity contribution is -0.137. The minimum absolute atomic E-state index is 0.0346. The number of nitrogens with zero attached hydrogens (tertiary/aromatic N) is 4. The van der Waals surface area contributed by atoms with Crippen LogP contribution < -0.4 is 0 Å². The van der Waals surface area contributed by atoms with E-state index in [1.54, 1.807) is 24.1 Å². The van der Waals surface area contributed by atoms with Gasteiger partial charge in [0.2, 0.25) is 0 Å². The van der Waals surface area contributed by atoms with Crippen molar-refractivity contribution < 1.29 is 22.8 Å². The standard InChI is InChI=1S/C31H35F3N4O2S/c1-3-36(19-22-7-5-4-6-8-22)26-16-18-38(21-26)30(40)37-17-15-25(20-37)35(2)29(39)28-14-13-27(41-28)23-9-11-24(12-10-23)31(32,33)34/h4-14,25-26H,3,15-21H2,1-2H3/t25-,26+/m0/s1. The van der Waals surface area contributed by atoms with Crippen molar-refractivity contribution in [3.63, 3.8) is 0 Å². The Kier molecular flexibility index (Phi) is 8.70. The van der Waals surface area contributed by atoms with Crippen molar-refractivity contribution in [1.29, 1.82) is 0 Å². The molecule has 0 saturated carbocycles. The molecule has 0 spiro atoms. The molecule has 2 aromatic carbocycles. The van der Waals surface area contributed by atoms with Crippen LogP contribution in [0.25, 0.3) is 10.4 Å². The number of likely N-dealkylation sites (tertiary alicyclic amines) is 2. The summed E-state index contributed by atoms with van der Waals surface area (Å²) >= 11 is 1.26. The molecule has 2 aliphatic rings. The van der Waals surface area contributed by atoms with Crippen LogP contribution in [0, 0.1) is 0 Å². The van der Waals surface area contributed by atoms with Gasteiger partial charge in [0, 0.05) is 50.7 Å². The average molecular weight is 585 g/mol. The smallest absolute Gasteiger partial charge is 0.336 e. The third-order valence-corrected chi connectivity index (χ3v) is 9.32. The van der Waals surface area contributed by atoms with Crippen molar-refractivity contribution in [1.82, 2.24) is 19.6 Å². The van der Waals surface area contributed by atoms with Crippen LogP contribution in [0.3, 0.4) is 0 Å². The summed E-state index contributed by atoms with van der Waals surface area (Å²) in [6.07, 6.45) is -2.73. The lowest BCUT2D eigenvalue weighted by atomic mass is 10.1. The number of alkyl halides is 3. The molecule has 2 saturated heterocycles. The molecule has 3 aromatic rings. The van der Waals surface area contributed by atoms with Gasteiger partial charge in [-0.2, -0.15) is 13.2 Å². The van der Waals surface area contributed by atoms with Gasteiger partial charge in [-0.15, -0.1) is 11.3 Å². The summed E-state index contributed by atoms with van der Waals surface area (Å²) in [6.45, 7) is 6.47. The fourth-order valence-electron chi connectivity index (χ4n) is 5.73. The minimum atomic E-state index is -4.39. The van der Waals surface area contributed by atoms with Gasteiger partial charge in [0.05, 0.1) is 16.5 Å². The topological polar surface area (TPSA) is 47.1 Å². The SMILES string of the molecule is CCN(Cc1ccccc1)[C@@H]1CCN(C(=O)N2CC[C@H](N(C)C(=O)c3ccc(-c4ccc(C(F)(F)F)cc4)s3)C2)C1. The predicted molar refractivity (Wildman–Crippen MR) is 155 cm³/mol. The van der Waals surface area contributed by atoms with E-state index in [9.17, 15) is 22.8 Å². The molecule has 218 valence electrons. The van der Waals surface area contributed by atoms with Gasteiger partial charge in [-0.25, -0.2) is 4.79 Å². The lowest BCUT2D eigenvalue weighted by Gasteiger charge is -2.29. The first-order valence-corrected chi connectivity index (χ1v) is 14.8. The van der Waals surface area contributed by atoms with Crippen molar-refractivity contribution in [3.05, 3.63) is 82.7 Å². The highest BCUT2D eigenvalue weighted by molar-refractivity contribution is 7.17. The Morgan fingerprint density at radius 1 is 0.902 bits per heavy atom. The Balaban J connectivity index is 1.15. The number of benzene rings is 2. The number of rotatable bonds is 7. The number of likely N-dealkylation sites (N-methyl/N-ethyl adjacent to an activating group) is 2. The number of urea groups is 1. The van der Waals surface area contributed by atoms with E-state index in [1.165, 1.54) is 29.0 Å².